The fourth-order valence-corrected chi connectivity index (χ4v) is 8.53. The number of aryl methyl sites for hydroxylation is 2. The minimum atomic E-state index is 0.133. The van der Waals surface area contributed by atoms with Crippen LogP contribution in [0.3, 0.4) is 0 Å². The van der Waals surface area contributed by atoms with Gasteiger partial charge in [0.1, 0.15) is 0 Å². The Morgan fingerprint density at radius 1 is 0.787 bits per heavy atom. The average Bonchev–Trinajstić information content (AvgIpc) is 3.12. The van der Waals surface area contributed by atoms with E-state index in [4.69, 9.17) is 9.98 Å². The van der Waals surface area contributed by atoms with Gasteiger partial charge in [0.2, 0.25) is 0 Å². The Kier molecular flexibility index (Phi) is 7.97. The molecule has 0 saturated carbocycles. The van der Waals surface area contributed by atoms with Gasteiger partial charge in [-0.1, -0.05) is 122 Å². The molecule has 4 aromatic carbocycles. The number of benzene rings is 4. The molecule has 234 valence electrons. The van der Waals surface area contributed by atoms with Crippen LogP contribution in [0.4, 0.5) is 0 Å². The highest BCUT2D eigenvalue weighted by atomic mass is 15.0. The van der Waals surface area contributed by atoms with Crippen molar-refractivity contribution in [2.24, 2.45) is 15.9 Å². The van der Waals surface area contributed by atoms with Crippen LogP contribution in [0, 0.1) is 19.8 Å². The topological polar surface area (TPSA) is 24.7 Å². The molecule has 2 nitrogen and oxygen atoms in total. The van der Waals surface area contributed by atoms with E-state index in [1.54, 1.807) is 0 Å². The maximum absolute atomic E-state index is 5.46. The van der Waals surface area contributed by atoms with Crippen molar-refractivity contribution < 1.29 is 0 Å². The van der Waals surface area contributed by atoms with Crippen LogP contribution in [0.5, 0.6) is 0 Å². The third kappa shape index (κ3) is 5.69. The number of hydrogen-bond acceptors (Lipinski definition) is 2. The second-order valence-electron chi connectivity index (χ2n) is 14.0. The number of fused-ring (bicyclic) bond motifs is 3. The number of hydrogen-bond donors (Lipinski definition) is 0. The van der Waals surface area contributed by atoms with Crippen LogP contribution in [0.2, 0.25) is 0 Å². The van der Waals surface area contributed by atoms with E-state index < -0.39 is 0 Å². The van der Waals surface area contributed by atoms with Crippen molar-refractivity contribution in [1.82, 2.24) is 0 Å². The molecule has 0 fully saturated rings. The van der Waals surface area contributed by atoms with Gasteiger partial charge in [0.15, 0.2) is 5.84 Å². The van der Waals surface area contributed by atoms with E-state index >= 15 is 0 Å². The summed E-state index contributed by atoms with van der Waals surface area (Å²) in [4.78, 5) is 10.8. The summed E-state index contributed by atoms with van der Waals surface area (Å²) in [6.07, 6.45) is 22.5. The van der Waals surface area contributed by atoms with Gasteiger partial charge >= 0.3 is 0 Å². The van der Waals surface area contributed by atoms with Crippen LogP contribution in [0.25, 0.3) is 21.5 Å². The Labute approximate surface area is 279 Å². The average molecular weight is 613 g/mol. The standard InChI is InChI=1S/C45H44N2/c1-29-22-23-36(30(2)24-29)40-26-35(42-25-34-18-10-11-19-37(34)38-20-12-13-21-39(38)42)27-41(31(40)3)44-28-43(32-14-6-4-7-15-32)46-45(47-44)33-16-8-5-9-17-33/h4,6,8,10-14,16-25,27,31,35,40,43H,5,7,9,15,26,28H2,1-3H3. The summed E-state index contributed by atoms with van der Waals surface area (Å²) >= 11 is 0. The molecule has 4 unspecified atom stereocenters. The monoisotopic (exact) mass is 612 g/mol. The first-order valence-corrected chi connectivity index (χ1v) is 17.6. The highest BCUT2D eigenvalue weighted by Gasteiger charge is 2.36. The molecular weight excluding hydrogens is 569 g/mol. The van der Waals surface area contributed by atoms with Gasteiger partial charge in [-0.15, -0.1) is 0 Å². The SMILES string of the molecule is Cc1ccc(C2CC(c3cc4ccccc4c4ccccc34)C=C(C3=NC(C4=CCCC=C4)=NC(C4=CC=CCC4)C3)C2C)c(C)c1. The summed E-state index contributed by atoms with van der Waals surface area (Å²) in [5, 5.41) is 5.35. The lowest BCUT2D eigenvalue weighted by molar-refractivity contribution is 0.450. The molecule has 4 aromatic rings. The lowest BCUT2D eigenvalue weighted by Crippen LogP contribution is -2.30. The molecule has 1 aliphatic heterocycles. The second kappa shape index (κ2) is 12.6. The van der Waals surface area contributed by atoms with Gasteiger partial charge in [-0.2, -0.15) is 0 Å². The zero-order valence-corrected chi connectivity index (χ0v) is 27.9. The number of rotatable bonds is 5. The van der Waals surface area contributed by atoms with Crippen LogP contribution in [0.15, 0.2) is 142 Å². The van der Waals surface area contributed by atoms with Crippen LogP contribution >= 0.6 is 0 Å². The van der Waals surface area contributed by atoms with Gasteiger partial charge in [0.05, 0.1) is 6.04 Å². The van der Waals surface area contributed by atoms with Gasteiger partial charge in [0.25, 0.3) is 0 Å². The summed E-state index contributed by atoms with van der Waals surface area (Å²) in [6.45, 7) is 6.96. The summed E-state index contributed by atoms with van der Waals surface area (Å²) in [6, 6.07) is 27.6. The van der Waals surface area contributed by atoms with E-state index in [0.29, 0.717) is 11.8 Å². The Hall–Kier alpha value is -4.56. The van der Waals surface area contributed by atoms with Crippen molar-refractivity contribution in [2.45, 2.75) is 77.2 Å². The van der Waals surface area contributed by atoms with Crippen LogP contribution < -0.4 is 0 Å². The molecule has 0 aromatic heterocycles. The molecule has 0 bridgehead atoms. The van der Waals surface area contributed by atoms with E-state index in [9.17, 15) is 0 Å². The first-order valence-electron chi connectivity index (χ1n) is 17.6. The summed E-state index contributed by atoms with van der Waals surface area (Å²) in [5.41, 5.74) is 10.9. The maximum atomic E-state index is 5.46. The minimum Gasteiger partial charge on any atom is -0.258 e. The Morgan fingerprint density at radius 3 is 2.40 bits per heavy atom. The van der Waals surface area contributed by atoms with E-state index in [1.165, 1.54) is 66.2 Å². The number of allylic oxidation sites excluding steroid dienone is 7. The quantitative estimate of drug-likeness (QED) is 0.200. The van der Waals surface area contributed by atoms with Crippen molar-refractivity contribution in [2.75, 3.05) is 0 Å². The zero-order valence-electron chi connectivity index (χ0n) is 27.9. The van der Waals surface area contributed by atoms with Crippen molar-refractivity contribution in [3.05, 3.63) is 154 Å². The summed E-state index contributed by atoms with van der Waals surface area (Å²) < 4.78 is 0. The Bertz CT molecular complexity index is 2100. The number of nitrogens with zero attached hydrogens (tertiary/aromatic N) is 2. The molecule has 2 heteroatoms. The number of amidine groups is 1. The number of aliphatic imine (C=N–C) groups is 2. The molecular formula is C45H44N2. The zero-order chi connectivity index (χ0) is 31.9. The van der Waals surface area contributed by atoms with Crippen molar-refractivity contribution in [3.8, 4) is 0 Å². The lowest BCUT2D eigenvalue weighted by atomic mass is 9.67. The summed E-state index contributed by atoms with van der Waals surface area (Å²) in [5.74, 6) is 1.92. The molecule has 0 amide bonds. The molecule has 0 N–H and O–H groups in total. The molecule has 0 radical (unpaired) electrons. The van der Waals surface area contributed by atoms with Crippen LogP contribution in [0.1, 0.15) is 79.5 Å². The Balaban J connectivity index is 1.31. The first kappa shape index (κ1) is 29.8. The van der Waals surface area contributed by atoms with E-state index in [2.05, 4.69) is 136 Å². The third-order valence-corrected chi connectivity index (χ3v) is 11.0. The van der Waals surface area contributed by atoms with E-state index in [-0.39, 0.29) is 12.0 Å². The molecule has 4 atom stereocenters. The van der Waals surface area contributed by atoms with Crippen molar-refractivity contribution >= 4 is 33.1 Å². The Morgan fingerprint density at radius 2 is 1.62 bits per heavy atom. The van der Waals surface area contributed by atoms with Gasteiger partial charge in [-0.3, -0.25) is 4.99 Å². The largest absolute Gasteiger partial charge is 0.258 e. The first-order chi connectivity index (χ1) is 23.0. The maximum Gasteiger partial charge on any atom is 0.155 e. The molecule has 8 rings (SSSR count). The predicted octanol–water partition coefficient (Wildman–Crippen LogP) is 11.6. The highest BCUT2D eigenvalue weighted by molar-refractivity contribution is 6.15. The van der Waals surface area contributed by atoms with Gasteiger partial charge in [-0.25, -0.2) is 4.99 Å². The van der Waals surface area contributed by atoms with Crippen molar-refractivity contribution in [1.29, 1.82) is 0 Å². The molecule has 3 aliphatic carbocycles. The predicted molar refractivity (Wildman–Crippen MR) is 201 cm³/mol. The van der Waals surface area contributed by atoms with Gasteiger partial charge in [-0.05, 0) is 113 Å². The van der Waals surface area contributed by atoms with Gasteiger partial charge in [0, 0.05) is 23.6 Å². The van der Waals surface area contributed by atoms with Crippen LogP contribution in [-0.4, -0.2) is 17.6 Å². The molecule has 47 heavy (non-hydrogen) atoms. The lowest BCUT2D eigenvalue weighted by Gasteiger charge is -2.38. The fourth-order valence-electron chi connectivity index (χ4n) is 8.53. The highest BCUT2D eigenvalue weighted by Crippen LogP contribution is 2.48. The molecule has 0 saturated heterocycles. The second-order valence-corrected chi connectivity index (χ2v) is 14.0. The van der Waals surface area contributed by atoms with Gasteiger partial charge < -0.3 is 0 Å². The molecule has 4 aliphatic rings. The normalized spacial score (nSPS) is 24.4. The molecule has 0 spiro atoms. The fraction of sp³-hybridized carbons (Fsp3) is 0.289. The van der Waals surface area contributed by atoms with E-state index in [1.807, 2.05) is 0 Å². The summed E-state index contributed by atoms with van der Waals surface area (Å²) in [7, 11) is 0. The van der Waals surface area contributed by atoms with Crippen LogP contribution in [-0.2, 0) is 0 Å². The smallest absolute Gasteiger partial charge is 0.155 e. The minimum absolute atomic E-state index is 0.133. The van der Waals surface area contributed by atoms with Crippen molar-refractivity contribution in [3.63, 3.8) is 0 Å². The third-order valence-electron chi connectivity index (χ3n) is 11.0. The molecule has 1 heterocycles. The van der Waals surface area contributed by atoms with E-state index in [0.717, 1.165) is 44.4 Å².